The van der Waals surface area contributed by atoms with Gasteiger partial charge < -0.3 is 19.5 Å². The van der Waals surface area contributed by atoms with Gasteiger partial charge in [0.2, 0.25) is 0 Å². The Bertz CT molecular complexity index is 811. The molecule has 2 aromatic rings. The number of hydrogen-bond acceptors (Lipinski definition) is 7. The van der Waals surface area contributed by atoms with E-state index in [9.17, 15) is 14.9 Å². The number of amides is 1. The van der Waals surface area contributed by atoms with Gasteiger partial charge in [0.1, 0.15) is 12.2 Å². The zero-order valence-electron chi connectivity index (χ0n) is 14.8. The highest BCUT2D eigenvalue weighted by Gasteiger charge is 2.24. The topological polar surface area (TPSA) is 99.9 Å². The molecule has 1 aromatic carbocycles. The number of ether oxygens (including phenoxy) is 3. The van der Waals surface area contributed by atoms with Gasteiger partial charge >= 0.3 is 0 Å². The summed E-state index contributed by atoms with van der Waals surface area (Å²) >= 11 is 4.95. The fourth-order valence-electron chi connectivity index (χ4n) is 2.27. The molecule has 0 unspecified atom stereocenters. The lowest BCUT2D eigenvalue weighted by atomic mass is 10.1. The molecule has 27 heavy (non-hydrogen) atoms. The molecule has 0 saturated heterocycles. The van der Waals surface area contributed by atoms with E-state index in [1.165, 1.54) is 26.4 Å². The molecular weight excluding hydrogens is 440 g/mol. The second-order valence-corrected chi connectivity index (χ2v) is 7.88. The number of nitro benzene ring substituents is 1. The van der Waals surface area contributed by atoms with Gasteiger partial charge in [0.05, 0.1) is 28.5 Å². The molecular formula is C17H19BrN2O6S. The second kappa shape index (κ2) is 10.2. The minimum atomic E-state index is -0.617. The second-order valence-electron chi connectivity index (χ2n) is 5.33. The van der Waals surface area contributed by atoms with Crippen molar-refractivity contribution >= 4 is 38.9 Å². The first-order valence-corrected chi connectivity index (χ1v) is 9.57. The Morgan fingerprint density at radius 3 is 2.63 bits per heavy atom. The molecule has 0 saturated carbocycles. The highest BCUT2D eigenvalue weighted by atomic mass is 79.9. The Balaban J connectivity index is 2.15. The lowest BCUT2D eigenvalue weighted by molar-refractivity contribution is -0.385. The summed E-state index contributed by atoms with van der Waals surface area (Å²) in [6.07, 6.45) is 0.630. The predicted molar refractivity (Wildman–Crippen MR) is 105 cm³/mol. The molecule has 0 bridgehead atoms. The van der Waals surface area contributed by atoms with E-state index in [4.69, 9.17) is 14.2 Å². The molecule has 0 aliphatic carbocycles. The van der Waals surface area contributed by atoms with Crippen molar-refractivity contribution < 1.29 is 23.9 Å². The van der Waals surface area contributed by atoms with Crippen LogP contribution in [0.25, 0.3) is 0 Å². The van der Waals surface area contributed by atoms with Gasteiger partial charge in [-0.25, -0.2) is 0 Å². The molecule has 1 amide bonds. The van der Waals surface area contributed by atoms with Gasteiger partial charge in [0, 0.05) is 24.6 Å². The number of nitrogens with zero attached hydrogens (tertiary/aromatic N) is 1. The Hall–Kier alpha value is -2.17. The zero-order chi connectivity index (χ0) is 19.8. The number of halogens is 1. The number of benzene rings is 1. The van der Waals surface area contributed by atoms with Crippen molar-refractivity contribution in [3.8, 4) is 11.5 Å². The van der Waals surface area contributed by atoms with Gasteiger partial charge in [0.25, 0.3) is 11.6 Å². The lowest BCUT2D eigenvalue weighted by Crippen LogP contribution is -2.26. The maximum absolute atomic E-state index is 12.5. The monoisotopic (exact) mass is 458 g/mol. The smallest absolute Gasteiger partial charge is 0.286 e. The predicted octanol–water partition coefficient (Wildman–Crippen LogP) is 3.43. The maximum Gasteiger partial charge on any atom is 0.286 e. The summed E-state index contributed by atoms with van der Waals surface area (Å²) in [4.78, 5) is 24.4. The van der Waals surface area contributed by atoms with Crippen molar-refractivity contribution in [2.45, 2.75) is 6.42 Å². The van der Waals surface area contributed by atoms with Crippen molar-refractivity contribution in [3.05, 3.63) is 48.6 Å². The van der Waals surface area contributed by atoms with Gasteiger partial charge in [-0.15, -0.1) is 11.3 Å². The molecule has 1 aromatic heterocycles. The number of methoxy groups -OCH3 is 2. The lowest BCUT2D eigenvalue weighted by Gasteiger charge is -2.12. The van der Waals surface area contributed by atoms with Crippen LogP contribution in [-0.4, -0.2) is 44.8 Å². The summed E-state index contributed by atoms with van der Waals surface area (Å²) in [6, 6.07) is 6.40. The van der Waals surface area contributed by atoms with Crippen LogP contribution in [0.5, 0.6) is 11.5 Å². The van der Waals surface area contributed by atoms with Crippen LogP contribution < -0.4 is 14.8 Å². The van der Waals surface area contributed by atoms with Crippen molar-refractivity contribution in [2.75, 3.05) is 34.0 Å². The van der Waals surface area contributed by atoms with E-state index in [-0.39, 0.29) is 29.4 Å². The first-order chi connectivity index (χ1) is 13.0. The van der Waals surface area contributed by atoms with Gasteiger partial charge in [-0.1, -0.05) is 0 Å². The van der Waals surface area contributed by atoms with Gasteiger partial charge in [-0.3, -0.25) is 14.9 Å². The summed E-state index contributed by atoms with van der Waals surface area (Å²) in [5.74, 6) is -0.121. The highest BCUT2D eigenvalue weighted by Crippen LogP contribution is 2.34. The number of carbonyl (C=O) groups excluding carboxylic acids is 1. The number of nitrogens with one attached hydrogen (secondary N) is 1. The van der Waals surface area contributed by atoms with Crippen molar-refractivity contribution in [2.24, 2.45) is 0 Å². The average Bonchev–Trinajstić information content (AvgIpc) is 3.06. The van der Waals surface area contributed by atoms with Crippen LogP contribution in [0, 0.1) is 10.1 Å². The fourth-order valence-corrected chi connectivity index (χ4v) is 3.75. The molecule has 1 heterocycles. The number of rotatable bonds is 10. The number of nitro groups is 1. The van der Waals surface area contributed by atoms with E-state index < -0.39 is 10.8 Å². The van der Waals surface area contributed by atoms with Crippen molar-refractivity contribution in [1.29, 1.82) is 0 Å². The van der Waals surface area contributed by atoms with Gasteiger partial charge in [-0.2, -0.15) is 0 Å². The van der Waals surface area contributed by atoms with Crippen LogP contribution in [0.2, 0.25) is 0 Å². The molecule has 8 nitrogen and oxygen atoms in total. The normalized spacial score (nSPS) is 10.5. The molecule has 0 spiro atoms. The Morgan fingerprint density at radius 2 is 2.04 bits per heavy atom. The van der Waals surface area contributed by atoms with Gasteiger partial charge in [-0.05, 0) is 34.5 Å². The molecule has 2 rings (SSSR count). The maximum atomic E-state index is 12.5. The number of hydrogen-bond donors (Lipinski definition) is 1. The molecule has 0 fully saturated rings. The third-order valence-electron chi connectivity index (χ3n) is 3.55. The quantitative estimate of drug-likeness (QED) is 0.332. The summed E-state index contributed by atoms with van der Waals surface area (Å²) < 4.78 is 16.6. The summed E-state index contributed by atoms with van der Waals surface area (Å²) in [5, 5.41) is 14.1. The highest BCUT2D eigenvalue weighted by molar-refractivity contribution is 9.11. The van der Waals surface area contributed by atoms with E-state index in [0.29, 0.717) is 19.6 Å². The molecule has 146 valence electrons. The Morgan fingerprint density at radius 1 is 1.26 bits per heavy atom. The van der Waals surface area contributed by atoms with Crippen LogP contribution in [0.4, 0.5) is 5.69 Å². The van der Waals surface area contributed by atoms with Crippen LogP contribution in [-0.2, 0) is 11.2 Å². The van der Waals surface area contributed by atoms with Gasteiger partial charge in [0.15, 0.2) is 11.5 Å². The van der Waals surface area contributed by atoms with E-state index >= 15 is 0 Å². The zero-order valence-corrected chi connectivity index (χ0v) is 17.2. The van der Waals surface area contributed by atoms with Crippen LogP contribution in [0.15, 0.2) is 28.1 Å². The molecule has 0 radical (unpaired) electrons. The molecule has 0 aliphatic rings. The SMILES string of the molecule is COCCOc1cc([N+](=O)[O-])c(C(=O)NCCc2ccc(Br)s2)cc1OC. The fraction of sp³-hybridized carbons (Fsp3) is 0.353. The summed E-state index contributed by atoms with van der Waals surface area (Å²) in [5.41, 5.74) is -0.428. The third-order valence-corrected chi connectivity index (χ3v) is 5.24. The van der Waals surface area contributed by atoms with Crippen molar-refractivity contribution in [3.63, 3.8) is 0 Å². The molecule has 10 heteroatoms. The van der Waals surface area contributed by atoms with E-state index in [1.54, 1.807) is 11.3 Å². The summed E-state index contributed by atoms with van der Waals surface area (Å²) in [6.45, 7) is 0.876. The average molecular weight is 459 g/mol. The Labute approximate surface area is 168 Å². The number of carbonyl (C=O) groups is 1. The molecule has 1 N–H and O–H groups in total. The summed E-state index contributed by atoms with van der Waals surface area (Å²) in [7, 11) is 2.92. The van der Waals surface area contributed by atoms with Crippen LogP contribution in [0.1, 0.15) is 15.2 Å². The number of thiophene rings is 1. The minimum absolute atomic E-state index is 0.0803. The molecule has 0 atom stereocenters. The first kappa shape index (κ1) is 21.1. The van der Waals surface area contributed by atoms with E-state index in [0.717, 1.165) is 8.66 Å². The Kier molecular flexibility index (Phi) is 8.01. The van der Waals surface area contributed by atoms with Crippen LogP contribution in [0.3, 0.4) is 0 Å². The van der Waals surface area contributed by atoms with Crippen molar-refractivity contribution in [1.82, 2.24) is 5.32 Å². The third kappa shape index (κ3) is 5.91. The van der Waals surface area contributed by atoms with E-state index in [2.05, 4.69) is 21.2 Å². The molecule has 0 aliphatic heterocycles. The minimum Gasteiger partial charge on any atom is -0.493 e. The van der Waals surface area contributed by atoms with Crippen LogP contribution >= 0.6 is 27.3 Å². The largest absolute Gasteiger partial charge is 0.493 e. The van der Waals surface area contributed by atoms with E-state index in [1.807, 2.05) is 12.1 Å². The standard InChI is InChI=1S/C17H19BrN2O6S/c1-24-7-8-26-15-10-13(20(22)23)12(9-14(15)25-2)17(21)19-6-5-11-3-4-16(18)27-11/h3-4,9-10H,5-8H2,1-2H3,(H,19,21). The first-order valence-electron chi connectivity index (χ1n) is 7.96.